The number of aromatic nitrogens is 1. The molecule has 0 saturated carbocycles. The van der Waals surface area contributed by atoms with Gasteiger partial charge in [-0.1, -0.05) is 24.3 Å². The molecule has 0 amide bonds. The summed E-state index contributed by atoms with van der Waals surface area (Å²) in [7, 11) is 0. The van der Waals surface area contributed by atoms with Crippen LogP contribution >= 0.6 is 0 Å². The van der Waals surface area contributed by atoms with Crippen molar-refractivity contribution in [3.63, 3.8) is 0 Å². The number of piperazine rings is 1. The van der Waals surface area contributed by atoms with Crippen molar-refractivity contribution in [2.24, 2.45) is 0 Å². The monoisotopic (exact) mass is 255 g/mol. The average molecular weight is 255 g/mol. The second-order valence-electron chi connectivity index (χ2n) is 5.40. The lowest BCUT2D eigenvalue weighted by Crippen LogP contribution is -2.49. The molecule has 1 aromatic carbocycles. The van der Waals surface area contributed by atoms with Crippen molar-refractivity contribution in [3.8, 4) is 0 Å². The lowest BCUT2D eigenvalue weighted by molar-refractivity contribution is 0.209. The molecule has 1 fully saturated rings. The van der Waals surface area contributed by atoms with Gasteiger partial charge in [0.2, 0.25) is 0 Å². The van der Waals surface area contributed by atoms with Crippen LogP contribution in [0.1, 0.15) is 12.5 Å². The summed E-state index contributed by atoms with van der Waals surface area (Å²) in [5.74, 6) is 0. The Kier molecular flexibility index (Phi) is 3.76. The predicted octanol–water partition coefficient (Wildman–Crippen LogP) is 2.07. The first kappa shape index (κ1) is 12.6. The van der Waals surface area contributed by atoms with E-state index in [1.54, 1.807) is 0 Å². The first-order valence-electron chi connectivity index (χ1n) is 7.11. The van der Waals surface area contributed by atoms with E-state index in [0.29, 0.717) is 6.04 Å². The third-order valence-electron chi connectivity index (χ3n) is 3.87. The number of nitrogens with zero attached hydrogens (tertiary/aromatic N) is 2. The van der Waals surface area contributed by atoms with E-state index < -0.39 is 0 Å². The van der Waals surface area contributed by atoms with Gasteiger partial charge in [0.15, 0.2) is 0 Å². The molecule has 0 radical (unpaired) electrons. The van der Waals surface area contributed by atoms with Gasteiger partial charge in [-0.2, -0.15) is 0 Å². The molecule has 1 aromatic heterocycles. The van der Waals surface area contributed by atoms with Crippen LogP contribution in [0.25, 0.3) is 10.9 Å². The highest BCUT2D eigenvalue weighted by molar-refractivity contribution is 5.81. The van der Waals surface area contributed by atoms with E-state index in [0.717, 1.165) is 38.1 Å². The van der Waals surface area contributed by atoms with Crippen LogP contribution in [0.5, 0.6) is 0 Å². The zero-order chi connectivity index (χ0) is 13.1. The molecule has 1 saturated heterocycles. The highest BCUT2D eigenvalue weighted by Crippen LogP contribution is 2.16. The molecule has 1 aliphatic rings. The summed E-state index contributed by atoms with van der Waals surface area (Å²) < 4.78 is 0. The first-order chi connectivity index (χ1) is 9.33. The van der Waals surface area contributed by atoms with Gasteiger partial charge in [-0.05, 0) is 25.0 Å². The third-order valence-corrected chi connectivity index (χ3v) is 3.87. The maximum Gasteiger partial charge on any atom is 0.0734 e. The van der Waals surface area contributed by atoms with Gasteiger partial charge in [0.05, 0.1) is 5.52 Å². The Hall–Kier alpha value is -1.45. The lowest BCUT2D eigenvalue weighted by Gasteiger charge is -2.31. The van der Waals surface area contributed by atoms with Crippen molar-refractivity contribution in [1.29, 1.82) is 0 Å². The van der Waals surface area contributed by atoms with Crippen LogP contribution in [0.15, 0.2) is 36.5 Å². The number of hydrogen-bond acceptors (Lipinski definition) is 3. The molecule has 1 unspecified atom stereocenters. The van der Waals surface area contributed by atoms with E-state index in [2.05, 4.69) is 46.4 Å². The van der Waals surface area contributed by atoms with E-state index in [1.807, 2.05) is 12.3 Å². The molecule has 0 aliphatic carbocycles. The van der Waals surface area contributed by atoms with Crippen LogP contribution in [-0.2, 0) is 6.42 Å². The molecule has 1 atom stereocenters. The van der Waals surface area contributed by atoms with Gasteiger partial charge in [0.1, 0.15) is 0 Å². The zero-order valence-corrected chi connectivity index (χ0v) is 11.5. The lowest BCUT2D eigenvalue weighted by atomic mass is 10.1. The van der Waals surface area contributed by atoms with Gasteiger partial charge in [0.25, 0.3) is 0 Å². The molecule has 1 N–H and O–H groups in total. The van der Waals surface area contributed by atoms with Crippen LogP contribution in [0, 0.1) is 0 Å². The van der Waals surface area contributed by atoms with Gasteiger partial charge in [-0.3, -0.25) is 4.98 Å². The molecular formula is C16H21N3. The fraction of sp³-hybridized carbons (Fsp3) is 0.438. The smallest absolute Gasteiger partial charge is 0.0734 e. The number of fused-ring (bicyclic) bond motifs is 1. The van der Waals surface area contributed by atoms with Crippen LogP contribution < -0.4 is 5.32 Å². The molecule has 3 rings (SSSR count). The first-order valence-corrected chi connectivity index (χ1v) is 7.11. The predicted molar refractivity (Wildman–Crippen MR) is 79.4 cm³/mol. The number of nitrogens with one attached hydrogen (secondary N) is 1. The second-order valence-corrected chi connectivity index (χ2v) is 5.40. The summed E-state index contributed by atoms with van der Waals surface area (Å²) in [4.78, 5) is 7.07. The Labute approximate surface area is 114 Å². The Morgan fingerprint density at radius 3 is 3.11 bits per heavy atom. The Morgan fingerprint density at radius 2 is 2.21 bits per heavy atom. The summed E-state index contributed by atoms with van der Waals surface area (Å²) in [6, 6.07) is 11.2. The number of hydrogen-bond donors (Lipinski definition) is 1. The molecule has 100 valence electrons. The highest BCUT2D eigenvalue weighted by atomic mass is 15.2. The number of benzene rings is 1. The maximum atomic E-state index is 4.53. The van der Waals surface area contributed by atoms with Crippen molar-refractivity contribution >= 4 is 10.9 Å². The summed E-state index contributed by atoms with van der Waals surface area (Å²) in [5.41, 5.74) is 2.53. The number of rotatable bonds is 3. The maximum absolute atomic E-state index is 4.53. The van der Waals surface area contributed by atoms with Gasteiger partial charge in [0, 0.05) is 43.8 Å². The van der Waals surface area contributed by atoms with E-state index in [4.69, 9.17) is 0 Å². The van der Waals surface area contributed by atoms with Gasteiger partial charge in [-0.25, -0.2) is 0 Å². The quantitative estimate of drug-likeness (QED) is 0.910. The van der Waals surface area contributed by atoms with E-state index >= 15 is 0 Å². The second kappa shape index (κ2) is 5.68. The largest absolute Gasteiger partial charge is 0.312 e. The molecule has 1 aliphatic heterocycles. The summed E-state index contributed by atoms with van der Waals surface area (Å²) in [6.07, 6.45) is 2.97. The normalized spacial score (nSPS) is 20.8. The van der Waals surface area contributed by atoms with Crippen molar-refractivity contribution in [2.45, 2.75) is 19.4 Å². The molecule has 0 spiro atoms. The van der Waals surface area contributed by atoms with E-state index in [9.17, 15) is 0 Å². The zero-order valence-electron chi connectivity index (χ0n) is 11.5. The Bertz CT molecular complexity index is 547. The summed E-state index contributed by atoms with van der Waals surface area (Å²) in [5, 5.41) is 4.73. The average Bonchev–Trinajstić information content (AvgIpc) is 2.45. The molecule has 2 heterocycles. The van der Waals surface area contributed by atoms with Gasteiger partial charge in [-0.15, -0.1) is 0 Å². The molecule has 19 heavy (non-hydrogen) atoms. The standard InChI is InChI=1S/C16H21N3/c1-13-12-19(11-9-17-13)10-7-15-5-2-4-14-6-3-8-18-16(14)15/h2-6,8,13,17H,7,9-12H2,1H3. The van der Waals surface area contributed by atoms with Crippen molar-refractivity contribution in [2.75, 3.05) is 26.2 Å². The Morgan fingerprint density at radius 1 is 1.32 bits per heavy atom. The number of pyridine rings is 1. The van der Waals surface area contributed by atoms with E-state index in [-0.39, 0.29) is 0 Å². The van der Waals surface area contributed by atoms with E-state index in [1.165, 1.54) is 10.9 Å². The van der Waals surface area contributed by atoms with Crippen LogP contribution in [0.3, 0.4) is 0 Å². The van der Waals surface area contributed by atoms with Crippen molar-refractivity contribution in [1.82, 2.24) is 15.2 Å². The highest BCUT2D eigenvalue weighted by Gasteiger charge is 2.15. The van der Waals surface area contributed by atoms with Crippen molar-refractivity contribution in [3.05, 3.63) is 42.1 Å². The van der Waals surface area contributed by atoms with Crippen LogP contribution in [-0.4, -0.2) is 42.1 Å². The molecular weight excluding hydrogens is 234 g/mol. The molecule has 3 heteroatoms. The van der Waals surface area contributed by atoms with Crippen LogP contribution in [0.4, 0.5) is 0 Å². The fourth-order valence-electron chi connectivity index (χ4n) is 2.86. The van der Waals surface area contributed by atoms with Gasteiger partial charge < -0.3 is 10.2 Å². The third kappa shape index (κ3) is 2.94. The fourth-order valence-corrected chi connectivity index (χ4v) is 2.86. The topological polar surface area (TPSA) is 28.2 Å². The molecule has 3 nitrogen and oxygen atoms in total. The van der Waals surface area contributed by atoms with Crippen LogP contribution in [0.2, 0.25) is 0 Å². The summed E-state index contributed by atoms with van der Waals surface area (Å²) >= 11 is 0. The van der Waals surface area contributed by atoms with Crippen molar-refractivity contribution < 1.29 is 0 Å². The van der Waals surface area contributed by atoms with Gasteiger partial charge >= 0.3 is 0 Å². The minimum atomic E-state index is 0.611. The minimum Gasteiger partial charge on any atom is -0.312 e. The summed E-state index contributed by atoms with van der Waals surface area (Å²) in [6.45, 7) is 6.79. The number of para-hydroxylation sites is 1. The Balaban J connectivity index is 1.71. The molecule has 2 aromatic rings. The SMILES string of the molecule is CC1CN(CCc2cccc3cccnc23)CCN1. The minimum absolute atomic E-state index is 0.611. The molecule has 0 bridgehead atoms.